The van der Waals surface area contributed by atoms with Crippen LogP contribution in [0, 0.1) is 0 Å². The molecule has 0 amide bonds. The normalized spacial score (nSPS) is 11.6. The number of aliphatic hydroxyl groups is 1. The smallest absolute Gasteiger partial charge is 0.244 e. The lowest BCUT2D eigenvalue weighted by Gasteiger charge is -2.07. The molecule has 0 saturated heterocycles. The van der Waals surface area contributed by atoms with Gasteiger partial charge >= 0.3 is 0 Å². The lowest BCUT2D eigenvalue weighted by Crippen LogP contribution is -2.27. The first-order valence-electron chi connectivity index (χ1n) is 3.99. The van der Waals surface area contributed by atoms with Crippen molar-refractivity contribution in [3.8, 4) is 0 Å². The molecule has 4 N–H and O–H groups in total. The molecule has 84 valence electrons. The number of anilines is 1. The fourth-order valence-electron chi connectivity index (χ4n) is 0.904. The monoisotopic (exact) mass is 295 g/mol. The molecule has 0 aromatic carbocycles. The van der Waals surface area contributed by atoms with Crippen LogP contribution >= 0.6 is 15.9 Å². The molecule has 0 aliphatic heterocycles. The van der Waals surface area contributed by atoms with Gasteiger partial charge in [-0.05, 0) is 22.0 Å². The summed E-state index contributed by atoms with van der Waals surface area (Å²) in [5.74, 6) is -0.0800. The summed E-state index contributed by atoms with van der Waals surface area (Å²) in [7, 11) is -3.70. The van der Waals surface area contributed by atoms with Gasteiger partial charge in [0.05, 0.1) is 6.61 Å². The molecule has 1 heterocycles. The fraction of sp³-hybridized carbons (Fsp3) is 0.286. The van der Waals surface area contributed by atoms with E-state index in [1.54, 1.807) is 0 Å². The standard InChI is InChI=1S/C7H10BrN3O3S/c8-5-3-6(7(9)10-4-5)15(13,14)11-1-2-12/h3-4,11-12H,1-2H2,(H2,9,10). The quantitative estimate of drug-likeness (QED) is 0.707. The van der Waals surface area contributed by atoms with E-state index in [2.05, 4.69) is 25.6 Å². The largest absolute Gasteiger partial charge is 0.395 e. The molecular formula is C7H10BrN3O3S. The van der Waals surface area contributed by atoms with Crippen molar-refractivity contribution in [2.24, 2.45) is 0 Å². The molecule has 1 aromatic heterocycles. The molecule has 0 bridgehead atoms. The molecule has 0 aliphatic carbocycles. The highest BCUT2D eigenvalue weighted by Crippen LogP contribution is 2.19. The van der Waals surface area contributed by atoms with E-state index in [0.717, 1.165) is 0 Å². The average Bonchev–Trinajstić information content (AvgIpc) is 2.18. The lowest BCUT2D eigenvalue weighted by atomic mass is 10.5. The Morgan fingerprint density at radius 1 is 1.60 bits per heavy atom. The zero-order valence-corrected chi connectivity index (χ0v) is 10.0. The van der Waals surface area contributed by atoms with E-state index in [0.29, 0.717) is 4.47 Å². The predicted octanol–water partition coefficient (Wildman–Crippen LogP) is -0.303. The third kappa shape index (κ3) is 3.13. The second-order valence-electron chi connectivity index (χ2n) is 2.66. The number of aromatic nitrogens is 1. The summed E-state index contributed by atoms with van der Waals surface area (Å²) in [6.07, 6.45) is 1.40. The maximum absolute atomic E-state index is 11.6. The summed E-state index contributed by atoms with van der Waals surface area (Å²) in [4.78, 5) is 3.60. The molecule has 0 unspecified atom stereocenters. The molecule has 1 rings (SSSR count). The van der Waals surface area contributed by atoms with E-state index in [4.69, 9.17) is 10.8 Å². The van der Waals surface area contributed by atoms with Gasteiger partial charge in [0, 0.05) is 17.2 Å². The SMILES string of the molecule is Nc1ncc(Br)cc1S(=O)(=O)NCCO. The van der Waals surface area contributed by atoms with Gasteiger partial charge in [-0.3, -0.25) is 0 Å². The van der Waals surface area contributed by atoms with Crippen LogP contribution < -0.4 is 10.5 Å². The molecule has 0 fully saturated rings. The van der Waals surface area contributed by atoms with Gasteiger partial charge in [0.15, 0.2) is 0 Å². The zero-order valence-electron chi connectivity index (χ0n) is 7.64. The third-order valence-electron chi connectivity index (χ3n) is 1.54. The minimum Gasteiger partial charge on any atom is -0.395 e. The molecule has 1 aromatic rings. The summed E-state index contributed by atoms with van der Waals surface area (Å²) < 4.78 is 25.9. The Balaban J connectivity index is 3.09. The van der Waals surface area contributed by atoms with Crippen LogP contribution in [0.3, 0.4) is 0 Å². The molecule has 8 heteroatoms. The van der Waals surface area contributed by atoms with E-state index < -0.39 is 10.0 Å². The first-order chi connectivity index (χ1) is 6.97. The molecule has 0 spiro atoms. The van der Waals surface area contributed by atoms with E-state index in [1.807, 2.05) is 0 Å². The lowest BCUT2D eigenvalue weighted by molar-refractivity contribution is 0.301. The van der Waals surface area contributed by atoms with Crippen molar-refractivity contribution in [2.45, 2.75) is 4.90 Å². The summed E-state index contributed by atoms with van der Waals surface area (Å²) in [5, 5.41) is 8.52. The number of hydrogen-bond acceptors (Lipinski definition) is 5. The van der Waals surface area contributed by atoms with Crippen LogP contribution in [-0.4, -0.2) is 31.7 Å². The Hall–Kier alpha value is -0.700. The molecule has 15 heavy (non-hydrogen) atoms. The van der Waals surface area contributed by atoms with Crippen molar-refractivity contribution in [3.05, 3.63) is 16.7 Å². The topological polar surface area (TPSA) is 105 Å². The maximum Gasteiger partial charge on any atom is 0.244 e. The zero-order chi connectivity index (χ0) is 11.5. The maximum atomic E-state index is 11.6. The summed E-state index contributed by atoms with van der Waals surface area (Å²) >= 11 is 3.10. The first-order valence-corrected chi connectivity index (χ1v) is 6.26. The van der Waals surface area contributed by atoms with Crippen molar-refractivity contribution >= 4 is 31.8 Å². The third-order valence-corrected chi connectivity index (χ3v) is 3.47. The van der Waals surface area contributed by atoms with Crippen molar-refractivity contribution in [3.63, 3.8) is 0 Å². The van der Waals surface area contributed by atoms with Crippen LogP contribution in [0.2, 0.25) is 0 Å². The predicted molar refractivity (Wildman–Crippen MR) is 58.6 cm³/mol. The molecule has 6 nitrogen and oxygen atoms in total. The molecular weight excluding hydrogens is 286 g/mol. The fourth-order valence-corrected chi connectivity index (χ4v) is 2.51. The van der Waals surface area contributed by atoms with Gasteiger partial charge in [-0.25, -0.2) is 18.1 Å². The van der Waals surface area contributed by atoms with Gasteiger partial charge < -0.3 is 10.8 Å². The van der Waals surface area contributed by atoms with Crippen LogP contribution in [-0.2, 0) is 10.0 Å². The van der Waals surface area contributed by atoms with Crippen molar-refractivity contribution < 1.29 is 13.5 Å². The first kappa shape index (κ1) is 12.4. The van der Waals surface area contributed by atoms with Gasteiger partial charge in [-0.1, -0.05) is 0 Å². The highest BCUT2D eigenvalue weighted by Gasteiger charge is 2.17. The van der Waals surface area contributed by atoms with E-state index in [-0.39, 0.29) is 23.9 Å². The van der Waals surface area contributed by atoms with E-state index in [9.17, 15) is 8.42 Å². The number of nitrogens with one attached hydrogen (secondary N) is 1. The number of sulfonamides is 1. The second-order valence-corrected chi connectivity index (χ2v) is 5.31. The Labute approximate surface area is 95.7 Å². The molecule has 0 aliphatic rings. The Kier molecular flexibility index (Phi) is 4.03. The van der Waals surface area contributed by atoms with Gasteiger partial charge in [-0.15, -0.1) is 0 Å². The number of pyridine rings is 1. The minimum absolute atomic E-state index is 0.0612. The van der Waals surface area contributed by atoms with Crippen LogP contribution in [0.15, 0.2) is 21.6 Å². The number of nitrogens with two attached hydrogens (primary N) is 1. The van der Waals surface area contributed by atoms with Crippen LogP contribution in [0.5, 0.6) is 0 Å². The van der Waals surface area contributed by atoms with Crippen molar-refractivity contribution in [2.75, 3.05) is 18.9 Å². The second kappa shape index (κ2) is 4.88. The Morgan fingerprint density at radius 3 is 2.87 bits per heavy atom. The molecule has 0 radical (unpaired) electrons. The number of rotatable bonds is 4. The highest BCUT2D eigenvalue weighted by molar-refractivity contribution is 9.10. The summed E-state index contributed by atoms with van der Waals surface area (Å²) in [6.45, 7) is -0.338. The minimum atomic E-state index is -3.70. The molecule has 0 saturated carbocycles. The van der Waals surface area contributed by atoms with Gasteiger partial charge in [0.1, 0.15) is 10.7 Å². The summed E-state index contributed by atoms with van der Waals surface area (Å²) in [5.41, 5.74) is 5.43. The van der Waals surface area contributed by atoms with Gasteiger partial charge in [-0.2, -0.15) is 0 Å². The van der Waals surface area contributed by atoms with Crippen LogP contribution in [0.25, 0.3) is 0 Å². The van der Waals surface area contributed by atoms with Crippen LogP contribution in [0.1, 0.15) is 0 Å². The van der Waals surface area contributed by atoms with E-state index in [1.165, 1.54) is 12.3 Å². The summed E-state index contributed by atoms with van der Waals surface area (Å²) in [6, 6.07) is 1.35. The average molecular weight is 296 g/mol. The number of nitrogen functional groups attached to an aromatic ring is 1. The van der Waals surface area contributed by atoms with E-state index >= 15 is 0 Å². The van der Waals surface area contributed by atoms with Gasteiger partial charge in [0.25, 0.3) is 0 Å². The Morgan fingerprint density at radius 2 is 2.27 bits per heavy atom. The Bertz CT molecular complexity index is 449. The molecule has 0 atom stereocenters. The number of halogens is 1. The van der Waals surface area contributed by atoms with Crippen molar-refractivity contribution in [1.29, 1.82) is 0 Å². The van der Waals surface area contributed by atoms with Crippen molar-refractivity contribution in [1.82, 2.24) is 9.71 Å². The van der Waals surface area contributed by atoms with Gasteiger partial charge in [0.2, 0.25) is 10.0 Å². The highest BCUT2D eigenvalue weighted by atomic mass is 79.9. The van der Waals surface area contributed by atoms with Crippen LogP contribution in [0.4, 0.5) is 5.82 Å². The number of aliphatic hydroxyl groups excluding tert-OH is 1. The number of hydrogen-bond donors (Lipinski definition) is 3. The number of nitrogens with zero attached hydrogens (tertiary/aromatic N) is 1.